The monoisotopic (exact) mass is 392 g/mol. The van der Waals surface area contributed by atoms with Crippen LogP contribution in [-0.2, 0) is 10.0 Å². The normalized spacial score (nSPS) is 11.6. The Morgan fingerprint density at radius 1 is 1.04 bits per heavy atom. The van der Waals surface area contributed by atoms with E-state index in [2.05, 4.69) is 23.8 Å². The Kier molecular flexibility index (Phi) is 7.06. The Bertz CT molecular complexity index is 877. The van der Waals surface area contributed by atoms with Gasteiger partial charge >= 0.3 is 0 Å². The van der Waals surface area contributed by atoms with E-state index >= 15 is 0 Å². The highest BCUT2D eigenvalue weighted by atomic mass is 32.2. The number of hydrogen-bond acceptors (Lipinski definition) is 6. The van der Waals surface area contributed by atoms with Crippen LogP contribution < -0.4 is 19.0 Å². The van der Waals surface area contributed by atoms with Crippen molar-refractivity contribution < 1.29 is 22.6 Å². The Hall–Kier alpha value is -2.74. The summed E-state index contributed by atoms with van der Waals surface area (Å²) in [4.78, 5) is 2.20. The molecule has 2 aromatic rings. The summed E-state index contributed by atoms with van der Waals surface area (Å²) >= 11 is 0. The maximum atomic E-state index is 12.4. The lowest BCUT2D eigenvalue weighted by Gasteiger charge is -2.09. The molecule has 0 bridgehead atoms. The van der Waals surface area contributed by atoms with Crippen LogP contribution in [0.25, 0.3) is 0 Å². The van der Waals surface area contributed by atoms with Gasteiger partial charge < -0.3 is 14.2 Å². The molecule has 27 heavy (non-hydrogen) atoms. The summed E-state index contributed by atoms with van der Waals surface area (Å²) in [5.74, 6) is 1.96. The number of benzene rings is 2. The zero-order valence-electron chi connectivity index (χ0n) is 15.8. The summed E-state index contributed by atoms with van der Waals surface area (Å²) in [6, 6.07) is 11.5. The molecule has 0 atom stereocenters. The molecule has 8 heteroatoms. The van der Waals surface area contributed by atoms with Gasteiger partial charge in [-0.1, -0.05) is 13.8 Å². The van der Waals surface area contributed by atoms with E-state index in [0.717, 1.165) is 11.3 Å². The Labute approximate surface area is 160 Å². The molecule has 0 spiro atoms. The minimum absolute atomic E-state index is 0.0229. The lowest BCUT2D eigenvalue weighted by Crippen LogP contribution is -2.18. The molecule has 0 unspecified atom stereocenters. The first-order chi connectivity index (χ1) is 12.9. The molecule has 1 N–H and O–H groups in total. The van der Waals surface area contributed by atoms with E-state index in [9.17, 15) is 8.42 Å². The summed E-state index contributed by atoms with van der Waals surface area (Å²) in [6.45, 7) is 4.79. The number of rotatable bonds is 9. The zero-order chi connectivity index (χ0) is 19.9. The second-order valence-electron chi connectivity index (χ2n) is 6.14. The molecule has 0 aliphatic heterocycles. The van der Waals surface area contributed by atoms with Crippen LogP contribution in [0.1, 0.15) is 19.4 Å². The lowest BCUT2D eigenvalue weighted by atomic mass is 10.2. The van der Waals surface area contributed by atoms with Crippen LogP contribution in [0, 0.1) is 5.92 Å². The van der Waals surface area contributed by atoms with Crippen molar-refractivity contribution in [1.82, 2.24) is 4.83 Å². The van der Waals surface area contributed by atoms with Gasteiger partial charge in [-0.3, -0.25) is 0 Å². The van der Waals surface area contributed by atoms with Crippen molar-refractivity contribution >= 4 is 16.2 Å². The van der Waals surface area contributed by atoms with E-state index in [4.69, 9.17) is 14.2 Å². The predicted molar refractivity (Wildman–Crippen MR) is 104 cm³/mol. The molecular formula is C19H24N2O5S. The third-order valence-electron chi connectivity index (χ3n) is 3.52. The molecule has 0 amide bonds. The molecular weight excluding hydrogens is 368 g/mol. The van der Waals surface area contributed by atoms with Crippen LogP contribution in [0.5, 0.6) is 17.2 Å². The SMILES string of the molecule is COc1ccc(S(=O)(=O)N/N=C/c2ccc(OCC(C)C)cc2)cc1OC. The van der Waals surface area contributed by atoms with E-state index in [1.165, 1.54) is 38.6 Å². The van der Waals surface area contributed by atoms with Crippen LogP contribution >= 0.6 is 0 Å². The van der Waals surface area contributed by atoms with Crippen molar-refractivity contribution in [3.8, 4) is 17.2 Å². The average Bonchev–Trinajstić information content (AvgIpc) is 2.66. The number of ether oxygens (including phenoxy) is 3. The summed E-state index contributed by atoms with van der Waals surface area (Å²) in [5.41, 5.74) is 0.738. The number of nitrogens with zero attached hydrogens (tertiary/aromatic N) is 1. The molecule has 0 aromatic heterocycles. The highest BCUT2D eigenvalue weighted by Crippen LogP contribution is 2.29. The summed E-state index contributed by atoms with van der Waals surface area (Å²) < 4.78 is 40.5. The van der Waals surface area contributed by atoms with Crippen LogP contribution in [0.3, 0.4) is 0 Å². The van der Waals surface area contributed by atoms with Gasteiger partial charge in [0.2, 0.25) is 0 Å². The highest BCUT2D eigenvalue weighted by Gasteiger charge is 2.16. The Morgan fingerprint density at radius 3 is 2.30 bits per heavy atom. The van der Waals surface area contributed by atoms with Gasteiger partial charge in [0.05, 0.1) is 31.9 Å². The second kappa shape index (κ2) is 9.27. The molecule has 0 saturated carbocycles. The van der Waals surface area contributed by atoms with Crippen molar-refractivity contribution in [3.05, 3.63) is 48.0 Å². The highest BCUT2D eigenvalue weighted by molar-refractivity contribution is 7.89. The number of nitrogens with one attached hydrogen (secondary N) is 1. The molecule has 7 nitrogen and oxygen atoms in total. The van der Waals surface area contributed by atoms with E-state index in [0.29, 0.717) is 24.0 Å². The summed E-state index contributed by atoms with van der Waals surface area (Å²) in [6.07, 6.45) is 1.42. The molecule has 146 valence electrons. The summed E-state index contributed by atoms with van der Waals surface area (Å²) in [7, 11) is -0.904. The van der Waals surface area contributed by atoms with E-state index in [-0.39, 0.29) is 4.90 Å². The topological polar surface area (TPSA) is 86.2 Å². The van der Waals surface area contributed by atoms with Gasteiger partial charge in [-0.15, -0.1) is 0 Å². The molecule has 0 radical (unpaired) electrons. The summed E-state index contributed by atoms with van der Waals surface area (Å²) in [5, 5.41) is 3.82. The van der Waals surface area contributed by atoms with Gasteiger partial charge in [-0.05, 0) is 47.9 Å². The van der Waals surface area contributed by atoms with Crippen molar-refractivity contribution in [2.45, 2.75) is 18.7 Å². The fourth-order valence-corrected chi connectivity index (χ4v) is 2.93. The smallest absolute Gasteiger partial charge is 0.276 e. The van der Waals surface area contributed by atoms with Crippen molar-refractivity contribution in [3.63, 3.8) is 0 Å². The van der Waals surface area contributed by atoms with Crippen LogP contribution in [0.4, 0.5) is 0 Å². The van der Waals surface area contributed by atoms with E-state index in [1.807, 2.05) is 12.1 Å². The largest absolute Gasteiger partial charge is 0.493 e. The third kappa shape index (κ3) is 5.89. The lowest BCUT2D eigenvalue weighted by molar-refractivity contribution is 0.271. The standard InChI is InChI=1S/C19H24N2O5S/c1-14(2)13-26-16-7-5-15(6-8-16)12-20-21-27(22,23)17-9-10-18(24-3)19(11-17)25-4/h5-12,14,21H,13H2,1-4H3/b20-12+. The molecule has 2 aromatic carbocycles. The Morgan fingerprint density at radius 2 is 1.70 bits per heavy atom. The maximum Gasteiger partial charge on any atom is 0.276 e. The van der Waals surface area contributed by atoms with Crippen LogP contribution in [0.2, 0.25) is 0 Å². The first-order valence-electron chi connectivity index (χ1n) is 8.35. The van der Waals surface area contributed by atoms with Crippen LogP contribution in [0.15, 0.2) is 52.5 Å². The van der Waals surface area contributed by atoms with Gasteiger partial charge in [0.1, 0.15) is 5.75 Å². The number of sulfonamides is 1. The van der Waals surface area contributed by atoms with E-state index < -0.39 is 10.0 Å². The molecule has 0 aliphatic carbocycles. The zero-order valence-corrected chi connectivity index (χ0v) is 16.6. The molecule has 0 aliphatic rings. The number of methoxy groups -OCH3 is 2. The first-order valence-corrected chi connectivity index (χ1v) is 9.84. The minimum atomic E-state index is -3.82. The van der Waals surface area contributed by atoms with E-state index in [1.54, 1.807) is 12.1 Å². The molecule has 0 fully saturated rings. The Balaban J connectivity index is 2.04. The van der Waals surface area contributed by atoms with Crippen molar-refractivity contribution in [2.24, 2.45) is 11.0 Å². The van der Waals surface area contributed by atoms with Gasteiger partial charge in [-0.2, -0.15) is 13.5 Å². The maximum absolute atomic E-state index is 12.4. The van der Waals surface area contributed by atoms with Crippen molar-refractivity contribution in [1.29, 1.82) is 0 Å². The molecule has 0 heterocycles. The quantitative estimate of drug-likeness (QED) is 0.524. The van der Waals surface area contributed by atoms with Gasteiger partial charge in [-0.25, -0.2) is 4.83 Å². The predicted octanol–water partition coefficient (Wildman–Crippen LogP) is 3.05. The van der Waals surface area contributed by atoms with Gasteiger partial charge in [0, 0.05) is 6.07 Å². The fourth-order valence-electron chi connectivity index (χ4n) is 2.12. The number of hydrazone groups is 1. The molecule has 2 rings (SSSR count). The average molecular weight is 392 g/mol. The molecule has 0 saturated heterocycles. The van der Waals surface area contributed by atoms with Crippen LogP contribution in [-0.4, -0.2) is 35.5 Å². The van der Waals surface area contributed by atoms with Gasteiger partial charge in [0.25, 0.3) is 10.0 Å². The second-order valence-corrected chi connectivity index (χ2v) is 7.80. The minimum Gasteiger partial charge on any atom is -0.493 e. The number of hydrogen-bond donors (Lipinski definition) is 1. The first kappa shape index (κ1) is 20.6. The fraction of sp³-hybridized carbons (Fsp3) is 0.316. The third-order valence-corrected chi connectivity index (χ3v) is 4.74. The van der Waals surface area contributed by atoms with Crippen molar-refractivity contribution in [2.75, 3.05) is 20.8 Å². The van der Waals surface area contributed by atoms with Gasteiger partial charge in [0.15, 0.2) is 11.5 Å².